The Balaban J connectivity index is 1.44. The van der Waals surface area contributed by atoms with E-state index in [9.17, 15) is 9.59 Å². The van der Waals surface area contributed by atoms with E-state index in [1.54, 1.807) is 34.4 Å². The predicted octanol–water partition coefficient (Wildman–Crippen LogP) is 4.12. The number of carbonyl (C=O) groups is 2. The summed E-state index contributed by atoms with van der Waals surface area (Å²) in [6.07, 6.45) is 7.88. The van der Waals surface area contributed by atoms with Crippen LogP contribution in [-0.2, 0) is 18.3 Å². The van der Waals surface area contributed by atoms with Crippen LogP contribution >= 0.6 is 11.3 Å². The molecule has 0 spiro atoms. The number of amides is 2. The maximum Gasteiger partial charge on any atom is 0.274 e. The maximum absolute atomic E-state index is 13.2. The predicted molar refractivity (Wildman–Crippen MR) is 132 cm³/mol. The summed E-state index contributed by atoms with van der Waals surface area (Å²) in [6, 6.07) is 16.1. The third-order valence-corrected chi connectivity index (χ3v) is 7.20. The number of hydrogen-bond donors (Lipinski definition) is 0. The number of hydrogen-bond acceptors (Lipinski definition) is 4. The SMILES string of the molecule is CN(C(=O)c1ccn(C)n1)[C@@H](Cc1ccccc1)C1CCN(C(=O)/C=C/c2cccs2)CC1. The molecule has 4 rings (SSSR count). The molecule has 0 bridgehead atoms. The number of rotatable bonds is 7. The average molecular weight is 463 g/mol. The van der Waals surface area contributed by atoms with Crippen molar-refractivity contribution in [2.45, 2.75) is 25.3 Å². The van der Waals surface area contributed by atoms with Gasteiger partial charge >= 0.3 is 0 Å². The number of aromatic nitrogens is 2. The van der Waals surface area contributed by atoms with E-state index >= 15 is 0 Å². The number of piperidine rings is 1. The van der Waals surface area contributed by atoms with Gasteiger partial charge in [-0.25, -0.2) is 0 Å². The van der Waals surface area contributed by atoms with Crippen LogP contribution in [0.3, 0.4) is 0 Å². The number of aryl methyl sites for hydroxylation is 1. The minimum absolute atomic E-state index is 0.0424. The highest BCUT2D eigenvalue weighted by atomic mass is 32.1. The molecular formula is C26H30N4O2S. The Bertz CT molecular complexity index is 1080. The summed E-state index contributed by atoms with van der Waals surface area (Å²) in [6.45, 7) is 1.41. The van der Waals surface area contributed by atoms with Gasteiger partial charge in [0, 0.05) is 50.4 Å². The van der Waals surface area contributed by atoms with Crippen LogP contribution in [0, 0.1) is 5.92 Å². The van der Waals surface area contributed by atoms with Crippen molar-refractivity contribution < 1.29 is 9.59 Å². The van der Waals surface area contributed by atoms with Crippen LogP contribution in [0.5, 0.6) is 0 Å². The van der Waals surface area contributed by atoms with Gasteiger partial charge in [0.15, 0.2) is 0 Å². The zero-order valence-corrected chi connectivity index (χ0v) is 19.9. The Kier molecular flexibility index (Phi) is 7.40. The second-order valence-corrected chi connectivity index (χ2v) is 9.54. The Morgan fingerprint density at radius 2 is 1.91 bits per heavy atom. The molecule has 0 saturated carbocycles. The maximum atomic E-state index is 13.2. The van der Waals surface area contributed by atoms with E-state index in [1.807, 2.05) is 65.7 Å². The van der Waals surface area contributed by atoms with Crippen molar-refractivity contribution >= 4 is 29.2 Å². The summed E-state index contributed by atoms with van der Waals surface area (Å²) >= 11 is 1.62. The Morgan fingerprint density at radius 1 is 1.15 bits per heavy atom. The molecule has 2 aromatic heterocycles. The fourth-order valence-corrected chi connectivity index (χ4v) is 5.10. The lowest BCUT2D eigenvalue weighted by Crippen LogP contribution is -2.48. The first-order chi connectivity index (χ1) is 16.0. The van der Waals surface area contributed by atoms with Crippen molar-refractivity contribution in [2.75, 3.05) is 20.1 Å². The Morgan fingerprint density at radius 3 is 2.55 bits per heavy atom. The van der Waals surface area contributed by atoms with Crippen molar-refractivity contribution in [3.05, 3.63) is 82.3 Å². The lowest BCUT2D eigenvalue weighted by Gasteiger charge is -2.39. The average Bonchev–Trinajstić information content (AvgIpc) is 3.53. The van der Waals surface area contributed by atoms with E-state index in [4.69, 9.17) is 0 Å². The summed E-state index contributed by atoms with van der Waals surface area (Å²) < 4.78 is 1.65. The van der Waals surface area contributed by atoms with Gasteiger partial charge in [0.1, 0.15) is 5.69 Å². The molecule has 0 unspecified atom stereocenters. The van der Waals surface area contributed by atoms with E-state index in [0.29, 0.717) is 24.7 Å². The second-order valence-electron chi connectivity index (χ2n) is 8.56. The largest absolute Gasteiger partial charge is 0.339 e. The Labute approximate surface area is 199 Å². The minimum atomic E-state index is -0.0612. The number of benzene rings is 1. The Hall–Kier alpha value is -3.19. The molecular weight excluding hydrogens is 432 g/mol. The number of likely N-dealkylation sites (tertiary alicyclic amines) is 1. The standard InChI is InChI=1S/C26H30N4O2S/c1-28-15-14-23(27-28)26(32)29(2)24(19-20-7-4-3-5-8-20)21-12-16-30(17-13-21)25(31)11-10-22-9-6-18-33-22/h3-11,14-15,18,21,24H,12-13,16-17,19H2,1-2H3/b11-10+/t24-/m0/s1. The smallest absolute Gasteiger partial charge is 0.274 e. The van der Waals surface area contributed by atoms with Crippen LogP contribution in [0.15, 0.2) is 66.2 Å². The molecule has 0 radical (unpaired) electrons. The number of likely N-dealkylation sites (N-methyl/N-ethyl adjacent to an activating group) is 1. The molecule has 0 N–H and O–H groups in total. The molecule has 1 fully saturated rings. The summed E-state index contributed by atoms with van der Waals surface area (Å²) in [7, 11) is 3.70. The molecule has 3 heterocycles. The molecule has 1 saturated heterocycles. The topological polar surface area (TPSA) is 58.4 Å². The molecule has 2 amide bonds. The molecule has 6 nitrogen and oxygen atoms in total. The van der Waals surface area contributed by atoms with Gasteiger partial charge in [0.25, 0.3) is 5.91 Å². The highest BCUT2D eigenvalue weighted by molar-refractivity contribution is 7.10. The van der Waals surface area contributed by atoms with Crippen molar-refractivity contribution in [3.8, 4) is 0 Å². The van der Waals surface area contributed by atoms with Gasteiger partial charge in [-0.3, -0.25) is 14.3 Å². The fraction of sp³-hybridized carbons (Fsp3) is 0.346. The molecule has 7 heteroatoms. The molecule has 33 heavy (non-hydrogen) atoms. The van der Waals surface area contributed by atoms with E-state index in [0.717, 1.165) is 24.1 Å². The highest BCUT2D eigenvalue weighted by Crippen LogP contribution is 2.27. The zero-order chi connectivity index (χ0) is 23.2. The van der Waals surface area contributed by atoms with Crippen LogP contribution in [0.4, 0.5) is 0 Å². The third kappa shape index (κ3) is 5.79. The normalized spacial score (nSPS) is 15.6. The van der Waals surface area contributed by atoms with Gasteiger partial charge in [0.05, 0.1) is 0 Å². The number of carbonyl (C=O) groups excluding carboxylic acids is 2. The fourth-order valence-electron chi connectivity index (χ4n) is 4.49. The van der Waals surface area contributed by atoms with Crippen LogP contribution < -0.4 is 0 Å². The lowest BCUT2D eigenvalue weighted by molar-refractivity contribution is -0.127. The summed E-state index contributed by atoms with van der Waals surface area (Å²) in [5, 5.41) is 6.31. The number of thiophene rings is 1. The van der Waals surface area contributed by atoms with Gasteiger partial charge in [-0.15, -0.1) is 11.3 Å². The van der Waals surface area contributed by atoms with Crippen molar-refractivity contribution in [1.29, 1.82) is 0 Å². The van der Waals surface area contributed by atoms with Crippen molar-refractivity contribution in [1.82, 2.24) is 19.6 Å². The summed E-state index contributed by atoms with van der Waals surface area (Å²) in [5.41, 5.74) is 1.67. The second kappa shape index (κ2) is 10.6. The van der Waals surface area contributed by atoms with Gasteiger partial charge in [-0.2, -0.15) is 5.10 Å². The minimum Gasteiger partial charge on any atom is -0.339 e. The van der Waals surface area contributed by atoms with Crippen LogP contribution in [0.2, 0.25) is 0 Å². The van der Waals surface area contributed by atoms with E-state index in [2.05, 4.69) is 17.2 Å². The highest BCUT2D eigenvalue weighted by Gasteiger charge is 2.33. The monoisotopic (exact) mass is 462 g/mol. The van der Waals surface area contributed by atoms with Gasteiger partial charge in [-0.1, -0.05) is 36.4 Å². The van der Waals surface area contributed by atoms with Crippen molar-refractivity contribution in [3.63, 3.8) is 0 Å². The van der Waals surface area contributed by atoms with Crippen LogP contribution in [0.25, 0.3) is 6.08 Å². The zero-order valence-electron chi connectivity index (χ0n) is 19.1. The van der Waals surface area contributed by atoms with Crippen LogP contribution in [-0.4, -0.2) is 57.6 Å². The molecule has 1 aliphatic heterocycles. The first-order valence-corrected chi connectivity index (χ1v) is 12.2. The van der Waals surface area contributed by atoms with Crippen molar-refractivity contribution in [2.24, 2.45) is 13.0 Å². The van der Waals surface area contributed by atoms with E-state index in [1.165, 1.54) is 5.56 Å². The summed E-state index contributed by atoms with van der Waals surface area (Å²) in [4.78, 5) is 30.7. The van der Waals surface area contributed by atoms with E-state index < -0.39 is 0 Å². The molecule has 0 aliphatic carbocycles. The van der Waals surface area contributed by atoms with Crippen LogP contribution in [0.1, 0.15) is 33.8 Å². The van der Waals surface area contributed by atoms with E-state index in [-0.39, 0.29) is 17.9 Å². The third-order valence-electron chi connectivity index (χ3n) is 6.37. The first kappa shape index (κ1) is 23.0. The van der Waals surface area contributed by atoms with Gasteiger partial charge in [-0.05, 0) is 54.3 Å². The molecule has 3 aromatic rings. The van der Waals surface area contributed by atoms with Gasteiger partial charge in [0.2, 0.25) is 5.91 Å². The summed E-state index contributed by atoms with van der Waals surface area (Å²) in [5.74, 6) is 0.307. The molecule has 172 valence electrons. The molecule has 1 atom stereocenters. The molecule has 1 aliphatic rings. The van der Waals surface area contributed by atoms with Gasteiger partial charge < -0.3 is 9.80 Å². The quantitative estimate of drug-likeness (QED) is 0.497. The lowest BCUT2D eigenvalue weighted by atomic mass is 9.84. The number of nitrogens with zero attached hydrogens (tertiary/aromatic N) is 4. The first-order valence-electron chi connectivity index (χ1n) is 11.3. The molecule has 1 aromatic carbocycles.